The summed E-state index contributed by atoms with van der Waals surface area (Å²) in [6.45, 7) is 7.38. The van der Waals surface area contributed by atoms with Crippen molar-refractivity contribution in [3.8, 4) is 0 Å². The predicted octanol–water partition coefficient (Wildman–Crippen LogP) is 2.42. The minimum Gasteiger partial charge on any atom is -0.371 e. The van der Waals surface area contributed by atoms with Crippen LogP contribution in [0.4, 0.5) is 0 Å². The molecule has 2 heterocycles. The van der Waals surface area contributed by atoms with Crippen LogP contribution in [0.2, 0.25) is 0 Å². The maximum Gasteiger partial charge on any atom is 0.169 e. The molecule has 0 aromatic heterocycles. The SMILES string of the molecule is CC(C)=C1CCC(OCC2CO2)(OCC2CO2)CC1. The van der Waals surface area contributed by atoms with E-state index in [4.69, 9.17) is 18.9 Å². The van der Waals surface area contributed by atoms with Crippen molar-refractivity contribution in [2.75, 3.05) is 26.4 Å². The highest BCUT2D eigenvalue weighted by molar-refractivity contribution is 5.13. The van der Waals surface area contributed by atoms with E-state index in [-0.39, 0.29) is 0 Å². The van der Waals surface area contributed by atoms with Gasteiger partial charge in [-0.25, -0.2) is 0 Å². The summed E-state index contributed by atoms with van der Waals surface area (Å²) in [6, 6.07) is 0. The minimum absolute atomic E-state index is 0.294. The Bertz CT molecular complexity index is 323. The molecule has 4 nitrogen and oxygen atoms in total. The van der Waals surface area contributed by atoms with E-state index in [1.54, 1.807) is 5.57 Å². The van der Waals surface area contributed by atoms with E-state index in [1.165, 1.54) is 5.57 Å². The lowest BCUT2D eigenvalue weighted by molar-refractivity contribution is -0.251. The summed E-state index contributed by atoms with van der Waals surface area (Å²) in [4.78, 5) is 0. The Morgan fingerprint density at radius 2 is 1.53 bits per heavy atom. The third-order valence-electron chi connectivity index (χ3n) is 4.19. The van der Waals surface area contributed by atoms with Gasteiger partial charge in [-0.3, -0.25) is 0 Å². The summed E-state index contributed by atoms with van der Waals surface area (Å²) in [7, 11) is 0. The van der Waals surface area contributed by atoms with E-state index in [0.717, 1.165) is 38.9 Å². The van der Waals surface area contributed by atoms with Crippen molar-refractivity contribution >= 4 is 0 Å². The first kappa shape index (κ1) is 13.6. The van der Waals surface area contributed by atoms with Gasteiger partial charge in [0.15, 0.2) is 5.79 Å². The molecule has 0 amide bonds. The lowest BCUT2D eigenvalue weighted by atomic mass is 9.87. The maximum absolute atomic E-state index is 6.08. The van der Waals surface area contributed by atoms with Crippen molar-refractivity contribution < 1.29 is 18.9 Å². The largest absolute Gasteiger partial charge is 0.371 e. The second kappa shape index (κ2) is 5.52. The van der Waals surface area contributed by atoms with Crippen LogP contribution < -0.4 is 0 Å². The average molecular weight is 268 g/mol. The fourth-order valence-corrected chi connectivity index (χ4v) is 2.58. The van der Waals surface area contributed by atoms with Crippen molar-refractivity contribution in [2.24, 2.45) is 0 Å². The van der Waals surface area contributed by atoms with Crippen LogP contribution in [0.3, 0.4) is 0 Å². The number of allylic oxidation sites excluding steroid dienone is 2. The van der Waals surface area contributed by atoms with Crippen LogP contribution in [0.1, 0.15) is 39.5 Å². The first-order valence-corrected chi connectivity index (χ1v) is 7.33. The van der Waals surface area contributed by atoms with Crippen LogP contribution in [-0.4, -0.2) is 44.4 Å². The third kappa shape index (κ3) is 3.78. The van der Waals surface area contributed by atoms with E-state index in [2.05, 4.69) is 13.8 Å². The van der Waals surface area contributed by atoms with Gasteiger partial charge in [-0.05, 0) is 26.7 Å². The molecule has 0 aromatic rings. The van der Waals surface area contributed by atoms with Crippen molar-refractivity contribution in [3.63, 3.8) is 0 Å². The number of hydrogen-bond donors (Lipinski definition) is 0. The Morgan fingerprint density at radius 3 is 1.89 bits per heavy atom. The molecule has 2 unspecified atom stereocenters. The Morgan fingerprint density at radius 1 is 1.05 bits per heavy atom. The van der Waals surface area contributed by atoms with Gasteiger partial charge in [0.1, 0.15) is 12.2 Å². The van der Waals surface area contributed by atoms with Gasteiger partial charge in [0, 0.05) is 12.8 Å². The molecule has 0 spiro atoms. The van der Waals surface area contributed by atoms with Crippen LogP contribution >= 0.6 is 0 Å². The number of hydrogen-bond acceptors (Lipinski definition) is 4. The summed E-state index contributed by atoms with van der Waals surface area (Å²) in [6.07, 6.45) is 4.66. The van der Waals surface area contributed by atoms with Crippen molar-refractivity contribution in [3.05, 3.63) is 11.1 Å². The highest BCUT2D eigenvalue weighted by Crippen LogP contribution is 2.38. The first-order chi connectivity index (χ1) is 9.17. The quantitative estimate of drug-likeness (QED) is 0.421. The maximum atomic E-state index is 6.08. The Balaban J connectivity index is 1.56. The van der Waals surface area contributed by atoms with Gasteiger partial charge in [0.25, 0.3) is 0 Å². The Kier molecular flexibility index (Phi) is 3.94. The van der Waals surface area contributed by atoms with Gasteiger partial charge in [0.05, 0.1) is 26.4 Å². The van der Waals surface area contributed by atoms with Gasteiger partial charge in [-0.2, -0.15) is 0 Å². The molecule has 2 atom stereocenters. The van der Waals surface area contributed by atoms with Gasteiger partial charge in [-0.15, -0.1) is 0 Å². The zero-order valence-corrected chi connectivity index (χ0v) is 11.9. The molecule has 2 aliphatic heterocycles. The monoisotopic (exact) mass is 268 g/mol. The van der Waals surface area contributed by atoms with Gasteiger partial charge < -0.3 is 18.9 Å². The molecule has 4 heteroatoms. The zero-order chi connectivity index (χ0) is 13.3. The van der Waals surface area contributed by atoms with Crippen LogP contribution in [0, 0.1) is 0 Å². The van der Waals surface area contributed by atoms with Crippen LogP contribution in [-0.2, 0) is 18.9 Å². The molecule has 3 rings (SSSR count). The van der Waals surface area contributed by atoms with E-state index in [0.29, 0.717) is 25.4 Å². The van der Waals surface area contributed by atoms with Gasteiger partial charge in [0.2, 0.25) is 0 Å². The standard InChI is InChI=1S/C15H24O4/c1-11(2)12-3-5-15(6-4-12,18-9-13-7-16-13)19-10-14-8-17-14/h13-14H,3-10H2,1-2H3. The molecule has 2 saturated heterocycles. The second-order valence-corrected chi connectivity index (χ2v) is 6.05. The molecule has 3 fully saturated rings. The number of ether oxygens (including phenoxy) is 4. The normalized spacial score (nSPS) is 37.3. The molecule has 1 aliphatic carbocycles. The lowest BCUT2D eigenvalue weighted by Crippen LogP contribution is -2.40. The molecule has 19 heavy (non-hydrogen) atoms. The highest BCUT2D eigenvalue weighted by atomic mass is 16.7. The molecule has 1 saturated carbocycles. The van der Waals surface area contributed by atoms with Crippen molar-refractivity contribution in [1.82, 2.24) is 0 Å². The summed E-state index contributed by atoms with van der Waals surface area (Å²) >= 11 is 0. The predicted molar refractivity (Wildman–Crippen MR) is 71.0 cm³/mol. The Hall–Kier alpha value is -0.420. The van der Waals surface area contributed by atoms with Crippen molar-refractivity contribution in [1.29, 1.82) is 0 Å². The summed E-state index contributed by atoms with van der Waals surface area (Å²) in [5.74, 6) is -0.406. The van der Waals surface area contributed by atoms with Crippen LogP contribution in [0.5, 0.6) is 0 Å². The molecule has 0 aromatic carbocycles. The fourth-order valence-electron chi connectivity index (χ4n) is 2.58. The molecule has 0 N–H and O–H groups in total. The first-order valence-electron chi connectivity index (χ1n) is 7.33. The number of epoxide rings is 2. The van der Waals surface area contributed by atoms with E-state index < -0.39 is 5.79 Å². The molecular weight excluding hydrogens is 244 g/mol. The van der Waals surface area contributed by atoms with E-state index >= 15 is 0 Å². The number of rotatable bonds is 6. The fraction of sp³-hybridized carbons (Fsp3) is 0.867. The second-order valence-electron chi connectivity index (χ2n) is 6.05. The molecular formula is C15H24O4. The summed E-state index contributed by atoms with van der Waals surface area (Å²) in [5.41, 5.74) is 3.01. The topological polar surface area (TPSA) is 43.5 Å². The van der Waals surface area contributed by atoms with Gasteiger partial charge >= 0.3 is 0 Å². The minimum atomic E-state index is -0.406. The summed E-state index contributed by atoms with van der Waals surface area (Å²) in [5, 5.41) is 0. The molecule has 0 bridgehead atoms. The smallest absolute Gasteiger partial charge is 0.169 e. The van der Waals surface area contributed by atoms with Crippen LogP contribution in [0.15, 0.2) is 11.1 Å². The van der Waals surface area contributed by atoms with Crippen molar-refractivity contribution in [2.45, 2.75) is 57.5 Å². The average Bonchev–Trinajstić information content (AvgIpc) is 3.29. The Labute approximate surface area is 115 Å². The molecule has 3 aliphatic rings. The molecule has 0 radical (unpaired) electrons. The zero-order valence-electron chi connectivity index (χ0n) is 11.9. The van der Waals surface area contributed by atoms with E-state index in [1.807, 2.05) is 0 Å². The van der Waals surface area contributed by atoms with E-state index in [9.17, 15) is 0 Å². The highest BCUT2D eigenvalue weighted by Gasteiger charge is 2.39. The molecule has 108 valence electrons. The third-order valence-corrected chi connectivity index (χ3v) is 4.19. The van der Waals surface area contributed by atoms with Gasteiger partial charge in [-0.1, -0.05) is 11.1 Å². The lowest BCUT2D eigenvalue weighted by Gasteiger charge is -2.38. The summed E-state index contributed by atoms with van der Waals surface area (Å²) < 4.78 is 22.6. The van der Waals surface area contributed by atoms with Crippen LogP contribution in [0.25, 0.3) is 0 Å².